The topological polar surface area (TPSA) is 103 Å². The smallest absolute Gasteiger partial charge is 0.373 e. The van der Waals surface area contributed by atoms with Crippen LogP contribution in [0.15, 0.2) is 68.9 Å². The number of likely N-dealkylation sites (N-methyl/N-ethyl adjacent to an activating group) is 1. The van der Waals surface area contributed by atoms with Crippen molar-refractivity contribution < 1.29 is 33.0 Å². The minimum Gasteiger partial charge on any atom is -0.493 e. The second kappa shape index (κ2) is 13.0. The maximum absolute atomic E-state index is 13.2. The summed E-state index contributed by atoms with van der Waals surface area (Å²) in [7, 11) is 2.84. The normalized spacial score (nSPS) is 17.4. The highest BCUT2D eigenvalue weighted by atomic mass is 32.2. The maximum atomic E-state index is 13.2. The standard InChI is InChI=1S/C30H31N3O7S/c1-4-33-28(34)27(41-30(33)31-21-6-8-22(9-7-21)32-13-15-38-16-14-32)18-20-5-11-24(26(17-20)36-2)39-19-23-10-12-25(40-23)29(35)37-3/h5-12,17-18H,4,13-16,19H2,1-3H3/b27-18-,31-30?. The van der Waals surface area contributed by atoms with Gasteiger partial charge < -0.3 is 28.3 Å². The Bertz CT molecular complexity index is 1460. The van der Waals surface area contributed by atoms with Crippen LogP contribution >= 0.6 is 11.8 Å². The first-order chi connectivity index (χ1) is 20.0. The van der Waals surface area contributed by atoms with Crippen LogP contribution in [0.4, 0.5) is 11.4 Å². The van der Waals surface area contributed by atoms with Crippen molar-refractivity contribution in [3.63, 3.8) is 0 Å². The molecule has 1 amide bonds. The van der Waals surface area contributed by atoms with Crippen LogP contribution in [-0.2, 0) is 20.9 Å². The molecular weight excluding hydrogens is 546 g/mol. The van der Waals surface area contributed by atoms with Gasteiger partial charge in [0, 0.05) is 25.3 Å². The van der Waals surface area contributed by atoms with Crippen molar-refractivity contribution in [1.82, 2.24) is 4.90 Å². The molecule has 2 aliphatic rings. The van der Waals surface area contributed by atoms with E-state index in [0.717, 1.165) is 43.2 Å². The number of hydrogen-bond donors (Lipinski definition) is 0. The number of amidine groups is 1. The van der Waals surface area contributed by atoms with E-state index in [0.29, 0.717) is 33.9 Å². The maximum Gasteiger partial charge on any atom is 0.373 e. The van der Waals surface area contributed by atoms with Crippen LogP contribution in [0.5, 0.6) is 11.5 Å². The number of esters is 1. The molecule has 0 atom stereocenters. The third-order valence-electron chi connectivity index (χ3n) is 6.56. The van der Waals surface area contributed by atoms with Crippen LogP contribution in [0, 0.1) is 0 Å². The van der Waals surface area contributed by atoms with E-state index in [-0.39, 0.29) is 18.3 Å². The van der Waals surface area contributed by atoms with Crippen LogP contribution in [-0.4, -0.2) is 69.0 Å². The summed E-state index contributed by atoms with van der Waals surface area (Å²) in [5, 5.41) is 0.638. The number of methoxy groups -OCH3 is 2. The zero-order chi connectivity index (χ0) is 28.8. The Balaban J connectivity index is 1.29. The van der Waals surface area contributed by atoms with Crippen molar-refractivity contribution in [3.05, 3.63) is 76.6 Å². The molecule has 41 heavy (non-hydrogen) atoms. The van der Waals surface area contributed by atoms with Gasteiger partial charge in [-0.05, 0) is 78.9 Å². The first-order valence-electron chi connectivity index (χ1n) is 13.2. The van der Waals surface area contributed by atoms with Gasteiger partial charge in [-0.25, -0.2) is 9.79 Å². The van der Waals surface area contributed by atoms with Gasteiger partial charge in [0.15, 0.2) is 16.7 Å². The number of carbonyl (C=O) groups excluding carboxylic acids is 2. The Morgan fingerprint density at radius 2 is 1.83 bits per heavy atom. The molecule has 0 saturated carbocycles. The Morgan fingerprint density at radius 1 is 1.05 bits per heavy atom. The lowest BCUT2D eigenvalue weighted by Gasteiger charge is -2.28. The fraction of sp³-hybridized carbons (Fsp3) is 0.300. The van der Waals surface area contributed by atoms with E-state index >= 15 is 0 Å². The molecule has 1 aromatic heterocycles. The van der Waals surface area contributed by atoms with Crippen LogP contribution in [0.2, 0.25) is 0 Å². The number of rotatable bonds is 9. The van der Waals surface area contributed by atoms with Crippen molar-refractivity contribution in [2.45, 2.75) is 13.5 Å². The summed E-state index contributed by atoms with van der Waals surface area (Å²) in [4.78, 5) is 34.1. The molecule has 0 radical (unpaired) electrons. The Hall–Kier alpha value is -4.22. The van der Waals surface area contributed by atoms with E-state index in [1.165, 1.54) is 24.9 Å². The third kappa shape index (κ3) is 6.58. The summed E-state index contributed by atoms with van der Waals surface area (Å²) in [5.41, 5.74) is 2.70. The predicted octanol–water partition coefficient (Wildman–Crippen LogP) is 5.11. The molecule has 0 bridgehead atoms. The number of hydrogen-bond acceptors (Lipinski definition) is 10. The van der Waals surface area contributed by atoms with E-state index < -0.39 is 5.97 Å². The van der Waals surface area contributed by atoms with Gasteiger partial charge in [-0.3, -0.25) is 9.69 Å². The lowest BCUT2D eigenvalue weighted by Crippen LogP contribution is -2.36. The molecule has 2 saturated heterocycles. The second-order valence-electron chi connectivity index (χ2n) is 9.13. The number of ether oxygens (including phenoxy) is 4. The van der Waals surface area contributed by atoms with Crippen molar-refractivity contribution in [1.29, 1.82) is 0 Å². The number of anilines is 1. The summed E-state index contributed by atoms with van der Waals surface area (Å²) in [5.74, 6) is 0.911. The molecule has 10 nitrogen and oxygen atoms in total. The lowest BCUT2D eigenvalue weighted by atomic mass is 10.2. The highest BCUT2D eigenvalue weighted by Crippen LogP contribution is 2.36. The largest absolute Gasteiger partial charge is 0.493 e. The number of thioether (sulfide) groups is 1. The molecule has 0 spiro atoms. The predicted molar refractivity (Wildman–Crippen MR) is 157 cm³/mol. The zero-order valence-corrected chi connectivity index (χ0v) is 23.9. The Morgan fingerprint density at radius 3 is 2.54 bits per heavy atom. The number of benzene rings is 2. The molecule has 2 aromatic carbocycles. The molecule has 2 fully saturated rings. The summed E-state index contributed by atoms with van der Waals surface area (Å²) in [6.07, 6.45) is 1.82. The van der Waals surface area contributed by atoms with E-state index in [4.69, 9.17) is 23.6 Å². The van der Waals surface area contributed by atoms with Gasteiger partial charge >= 0.3 is 5.97 Å². The minimum atomic E-state index is -0.554. The number of amides is 1. The van der Waals surface area contributed by atoms with E-state index in [1.807, 2.05) is 31.2 Å². The number of aliphatic imine (C=N–C) groups is 1. The van der Waals surface area contributed by atoms with Gasteiger partial charge in [-0.2, -0.15) is 0 Å². The molecule has 0 N–H and O–H groups in total. The SMILES string of the molecule is CCN1C(=O)/C(=C/c2ccc(OCc3ccc(C(=O)OC)o3)c(OC)c2)SC1=Nc1ccc(N2CCOCC2)cc1. The summed E-state index contributed by atoms with van der Waals surface area (Å²) in [6, 6.07) is 16.6. The number of morpholine rings is 1. The average Bonchev–Trinajstić information content (AvgIpc) is 3.60. The van der Waals surface area contributed by atoms with Gasteiger partial charge in [-0.1, -0.05) is 6.07 Å². The Labute approximate surface area is 242 Å². The number of nitrogens with zero attached hydrogens (tertiary/aromatic N) is 3. The molecule has 11 heteroatoms. The molecular formula is C30H31N3O7S. The van der Waals surface area contributed by atoms with Gasteiger partial charge in [0.05, 0.1) is 38.0 Å². The first-order valence-corrected chi connectivity index (χ1v) is 14.0. The summed E-state index contributed by atoms with van der Waals surface area (Å²) < 4.78 is 26.9. The summed E-state index contributed by atoms with van der Waals surface area (Å²) >= 11 is 1.34. The van der Waals surface area contributed by atoms with E-state index in [1.54, 1.807) is 30.2 Å². The molecule has 5 rings (SSSR count). The van der Waals surface area contributed by atoms with E-state index in [9.17, 15) is 9.59 Å². The minimum absolute atomic E-state index is 0.0975. The van der Waals surface area contributed by atoms with Crippen molar-refractivity contribution in [2.24, 2.45) is 4.99 Å². The van der Waals surface area contributed by atoms with Crippen LogP contribution in [0.25, 0.3) is 6.08 Å². The number of carbonyl (C=O) groups is 2. The Kier molecular flexibility index (Phi) is 8.95. The highest BCUT2D eigenvalue weighted by Gasteiger charge is 2.32. The molecule has 0 aliphatic carbocycles. The van der Waals surface area contributed by atoms with Gasteiger partial charge in [0.25, 0.3) is 5.91 Å². The summed E-state index contributed by atoms with van der Waals surface area (Å²) in [6.45, 7) is 5.74. The van der Waals surface area contributed by atoms with Crippen molar-refractivity contribution in [3.8, 4) is 11.5 Å². The monoisotopic (exact) mass is 577 g/mol. The van der Waals surface area contributed by atoms with Gasteiger partial charge in [-0.15, -0.1) is 0 Å². The fourth-order valence-corrected chi connectivity index (χ4v) is 5.46. The molecule has 214 valence electrons. The molecule has 2 aliphatic heterocycles. The van der Waals surface area contributed by atoms with Crippen LogP contribution < -0.4 is 14.4 Å². The zero-order valence-electron chi connectivity index (χ0n) is 23.1. The lowest BCUT2D eigenvalue weighted by molar-refractivity contribution is -0.122. The quantitative estimate of drug-likeness (QED) is 0.253. The molecule has 0 unspecified atom stereocenters. The van der Waals surface area contributed by atoms with Gasteiger partial charge in [0.1, 0.15) is 12.4 Å². The highest BCUT2D eigenvalue weighted by molar-refractivity contribution is 8.18. The average molecular weight is 578 g/mol. The third-order valence-corrected chi connectivity index (χ3v) is 7.57. The first kappa shape index (κ1) is 28.3. The van der Waals surface area contributed by atoms with Crippen molar-refractivity contribution >= 4 is 46.3 Å². The van der Waals surface area contributed by atoms with Crippen LogP contribution in [0.1, 0.15) is 28.8 Å². The fourth-order valence-electron chi connectivity index (χ4n) is 4.40. The van der Waals surface area contributed by atoms with Crippen molar-refractivity contribution in [2.75, 3.05) is 52.0 Å². The van der Waals surface area contributed by atoms with Gasteiger partial charge in [0.2, 0.25) is 5.76 Å². The second-order valence-corrected chi connectivity index (χ2v) is 10.1. The van der Waals surface area contributed by atoms with E-state index in [2.05, 4.69) is 21.8 Å². The molecule has 3 aromatic rings. The van der Waals surface area contributed by atoms with Crippen LogP contribution in [0.3, 0.4) is 0 Å². The molecule has 3 heterocycles. The number of furan rings is 1.